The average Bonchev–Trinajstić information content (AvgIpc) is 2.21. The number of unbranched alkanes of at least 4 members (excludes halogenated alkanes) is 2. The summed E-state index contributed by atoms with van der Waals surface area (Å²) in [7, 11) is 0. The molecule has 0 saturated carbocycles. The van der Waals surface area contributed by atoms with Crippen LogP contribution in [-0.4, -0.2) is 6.29 Å². The van der Waals surface area contributed by atoms with Crippen LogP contribution in [0.1, 0.15) is 52.4 Å². The molecule has 0 aromatic rings. The van der Waals surface area contributed by atoms with Crippen LogP contribution >= 0.6 is 0 Å². The van der Waals surface area contributed by atoms with Crippen molar-refractivity contribution in [3.05, 3.63) is 23.8 Å². The monoisotopic (exact) mass is 194 g/mol. The summed E-state index contributed by atoms with van der Waals surface area (Å²) >= 11 is 0. The van der Waals surface area contributed by atoms with Gasteiger partial charge in [-0.2, -0.15) is 0 Å². The van der Waals surface area contributed by atoms with Gasteiger partial charge in [-0.3, -0.25) is 4.79 Å². The fourth-order valence-electron chi connectivity index (χ4n) is 1.34. The van der Waals surface area contributed by atoms with Crippen LogP contribution in [0, 0.1) is 0 Å². The van der Waals surface area contributed by atoms with Crippen LogP contribution in [0.15, 0.2) is 23.8 Å². The molecule has 0 heterocycles. The molecule has 14 heavy (non-hydrogen) atoms. The van der Waals surface area contributed by atoms with E-state index in [0.717, 1.165) is 6.29 Å². The van der Waals surface area contributed by atoms with Crippen molar-refractivity contribution in [3.63, 3.8) is 0 Å². The van der Waals surface area contributed by atoms with Gasteiger partial charge in [0.15, 0.2) is 0 Å². The Morgan fingerprint density at radius 1 is 1.00 bits per heavy atom. The fourth-order valence-corrected chi connectivity index (χ4v) is 1.34. The number of hydrogen-bond acceptors (Lipinski definition) is 1. The first-order chi connectivity index (χ1) is 6.85. The predicted molar refractivity (Wildman–Crippen MR) is 62.3 cm³/mol. The highest BCUT2D eigenvalue weighted by atomic mass is 16.1. The van der Waals surface area contributed by atoms with Crippen molar-refractivity contribution in [2.45, 2.75) is 52.4 Å². The number of carbonyl (C=O) groups is 1. The van der Waals surface area contributed by atoms with Crippen molar-refractivity contribution in [3.8, 4) is 0 Å². The Labute approximate surface area is 87.9 Å². The van der Waals surface area contributed by atoms with E-state index in [1.54, 1.807) is 6.08 Å². The lowest BCUT2D eigenvalue weighted by Gasteiger charge is -2.04. The van der Waals surface area contributed by atoms with Gasteiger partial charge < -0.3 is 0 Å². The molecule has 1 nitrogen and oxygen atoms in total. The van der Waals surface area contributed by atoms with Crippen molar-refractivity contribution in [2.24, 2.45) is 0 Å². The highest BCUT2D eigenvalue weighted by Gasteiger charge is 1.95. The van der Waals surface area contributed by atoms with Gasteiger partial charge in [0.25, 0.3) is 0 Å². The number of carbonyl (C=O) groups excluding carboxylic acids is 1. The van der Waals surface area contributed by atoms with E-state index >= 15 is 0 Å². The van der Waals surface area contributed by atoms with Crippen molar-refractivity contribution in [1.82, 2.24) is 0 Å². The van der Waals surface area contributed by atoms with Crippen molar-refractivity contribution in [2.75, 3.05) is 0 Å². The predicted octanol–water partition coefficient (Wildman–Crippen LogP) is 4.05. The van der Waals surface area contributed by atoms with Crippen LogP contribution in [0.25, 0.3) is 0 Å². The maximum atomic E-state index is 10.1. The first-order valence-electron chi connectivity index (χ1n) is 5.65. The molecule has 0 radical (unpaired) electrons. The van der Waals surface area contributed by atoms with Gasteiger partial charge in [-0.15, -0.1) is 0 Å². The van der Waals surface area contributed by atoms with Gasteiger partial charge in [-0.25, -0.2) is 0 Å². The van der Waals surface area contributed by atoms with Gasteiger partial charge >= 0.3 is 0 Å². The third-order valence-corrected chi connectivity index (χ3v) is 2.22. The molecule has 0 fully saturated rings. The molecule has 0 aliphatic rings. The minimum atomic E-state index is 0.827. The molecular weight excluding hydrogens is 172 g/mol. The van der Waals surface area contributed by atoms with Crippen LogP contribution in [0.4, 0.5) is 0 Å². The number of aldehydes is 1. The van der Waals surface area contributed by atoms with Crippen molar-refractivity contribution < 1.29 is 4.79 Å². The molecule has 0 spiro atoms. The Bertz CT molecular complexity index is 179. The van der Waals surface area contributed by atoms with E-state index in [9.17, 15) is 4.79 Å². The summed E-state index contributed by atoms with van der Waals surface area (Å²) < 4.78 is 0. The molecule has 80 valence electrons. The summed E-state index contributed by atoms with van der Waals surface area (Å²) in [6.45, 7) is 4.41. The van der Waals surface area contributed by atoms with Crippen LogP contribution < -0.4 is 0 Å². The molecule has 0 unspecified atom stereocenters. The SMILES string of the molecule is CCCCC(=C/C=C/C=O)CCCC. The molecule has 0 aliphatic carbocycles. The first-order valence-corrected chi connectivity index (χ1v) is 5.65. The van der Waals surface area contributed by atoms with Crippen LogP contribution in [0.2, 0.25) is 0 Å². The molecule has 0 aliphatic heterocycles. The van der Waals surface area contributed by atoms with Crippen LogP contribution in [-0.2, 0) is 4.79 Å². The number of allylic oxidation sites excluding steroid dienone is 4. The summed E-state index contributed by atoms with van der Waals surface area (Å²) in [4.78, 5) is 10.1. The normalized spacial score (nSPS) is 10.4. The molecule has 0 saturated heterocycles. The molecule has 0 amide bonds. The molecule has 0 rings (SSSR count). The molecule has 0 atom stereocenters. The van der Waals surface area contributed by atoms with Gasteiger partial charge in [0.05, 0.1) is 0 Å². The summed E-state index contributed by atoms with van der Waals surface area (Å²) in [5.74, 6) is 0. The van der Waals surface area contributed by atoms with E-state index < -0.39 is 0 Å². The summed E-state index contributed by atoms with van der Waals surface area (Å²) in [5, 5.41) is 0. The zero-order valence-electron chi connectivity index (χ0n) is 9.46. The van der Waals surface area contributed by atoms with Gasteiger partial charge in [-0.1, -0.05) is 44.4 Å². The maximum absolute atomic E-state index is 10.1. The Balaban J connectivity index is 4.00. The highest BCUT2D eigenvalue weighted by molar-refractivity contribution is 5.65. The maximum Gasteiger partial charge on any atom is 0.142 e. The molecule has 0 N–H and O–H groups in total. The van der Waals surface area contributed by atoms with Crippen LogP contribution in [0.3, 0.4) is 0 Å². The average molecular weight is 194 g/mol. The smallest absolute Gasteiger partial charge is 0.142 e. The standard InChI is InChI=1S/C13H22O/c1-3-5-9-13(10-6-4-2)11-7-8-12-14/h7-8,11-12H,3-6,9-10H2,1-2H3/b8-7+. The van der Waals surface area contributed by atoms with E-state index in [1.165, 1.54) is 44.1 Å². The second-order valence-electron chi connectivity index (χ2n) is 3.55. The van der Waals surface area contributed by atoms with Gasteiger partial charge in [0.1, 0.15) is 6.29 Å². The lowest BCUT2D eigenvalue weighted by molar-refractivity contribution is -0.104. The Hall–Kier alpha value is -0.850. The van der Waals surface area contributed by atoms with Gasteiger partial charge in [-0.05, 0) is 31.8 Å². The fraction of sp³-hybridized carbons (Fsp3) is 0.615. The largest absolute Gasteiger partial charge is 0.299 e. The van der Waals surface area contributed by atoms with Gasteiger partial charge in [0.2, 0.25) is 0 Å². The van der Waals surface area contributed by atoms with E-state index in [2.05, 4.69) is 19.9 Å². The topological polar surface area (TPSA) is 17.1 Å². The zero-order valence-corrected chi connectivity index (χ0v) is 9.46. The lowest BCUT2D eigenvalue weighted by atomic mass is 10.0. The molecule has 0 bridgehead atoms. The molecule has 1 heteroatoms. The van der Waals surface area contributed by atoms with E-state index in [0.29, 0.717) is 0 Å². The van der Waals surface area contributed by atoms with Crippen LogP contribution in [0.5, 0.6) is 0 Å². The molecule has 0 aromatic heterocycles. The Morgan fingerprint density at radius 2 is 1.57 bits per heavy atom. The van der Waals surface area contributed by atoms with Gasteiger partial charge in [0, 0.05) is 0 Å². The Kier molecular flexibility index (Phi) is 9.61. The molecule has 0 aromatic carbocycles. The molecular formula is C13H22O. The second-order valence-corrected chi connectivity index (χ2v) is 3.55. The third-order valence-electron chi connectivity index (χ3n) is 2.22. The van der Waals surface area contributed by atoms with E-state index in [1.807, 2.05) is 6.08 Å². The highest BCUT2D eigenvalue weighted by Crippen LogP contribution is 2.14. The minimum Gasteiger partial charge on any atom is -0.299 e. The third kappa shape index (κ3) is 7.78. The summed E-state index contributed by atoms with van der Waals surface area (Å²) in [5.41, 5.74) is 1.48. The summed E-state index contributed by atoms with van der Waals surface area (Å²) in [6.07, 6.45) is 13.7. The number of hydrogen-bond donors (Lipinski definition) is 0. The second kappa shape index (κ2) is 10.2. The quantitative estimate of drug-likeness (QED) is 0.323. The minimum absolute atomic E-state index is 0.827. The first kappa shape index (κ1) is 13.2. The van der Waals surface area contributed by atoms with Crippen molar-refractivity contribution >= 4 is 6.29 Å². The van der Waals surface area contributed by atoms with E-state index in [4.69, 9.17) is 0 Å². The summed E-state index contributed by atoms with van der Waals surface area (Å²) in [6, 6.07) is 0. The Morgan fingerprint density at radius 3 is 2.00 bits per heavy atom. The lowest BCUT2D eigenvalue weighted by Crippen LogP contribution is -1.84. The number of rotatable bonds is 8. The van der Waals surface area contributed by atoms with Crippen molar-refractivity contribution in [1.29, 1.82) is 0 Å². The zero-order chi connectivity index (χ0) is 10.6. The van der Waals surface area contributed by atoms with E-state index in [-0.39, 0.29) is 0 Å².